The van der Waals surface area contributed by atoms with Crippen LogP contribution in [0.4, 0.5) is 4.39 Å². The minimum Gasteiger partial charge on any atom is -0.486 e. The molecule has 0 saturated heterocycles. The highest BCUT2D eigenvalue weighted by Gasteiger charge is 2.10. The maximum absolute atomic E-state index is 14.2. The van der Waals surface area contributed by atoms with Crippen molar-refractivity contribution in [3.8, 4) is 5.75 Å². The summed E-state index contributed by atoms with van der Waals surface area (Å²) in [6.07, 6.45) is 2.81. The molecule has 0 fully saturated rings. The van der Waals surface area contributed by atoms with E-state index >= 15 is 0 Å². The van der Waals surface area contributed by atoms with E-state index in [1.165, 1.54) is 0 Å². The molecule has 112 valence electrons. The Morgan fingerprint density at radius 1 is 1.05 bits per heavy atom. The summed E-state index contributed by atoms with van der Waals surface area (Å²) in [4.78, 5) is 0. The number of aryl methyl sites for hydroxylation is 2. The Labute approximate surface area is 125 Å². The molecule has 0 amide bonds. The predicted octanol–water partition coefficient (Wildman–Crippen LogP) is 3.99. The quantitative estimate of drug-likeness (QED) is 0.781. The summed E-state index contributed by atoms with van der Waals surface area (Å²) in [5.74, 6) is 0.0649. The molecule has 2 aromatic rings. The standard InChI is InChI=1S/C18H22FNO/c1-14-11-16(9-5-6-10-20)12-17(19)18(14)21-13-15-7-3-2-4-8-15/h2-4,7-8,11-12H,5-6,9-10,13,20H2,1H3. The van der Waals surface area contributed by atoms with E-state index in [9.17, 15) is 4.39 Å². The molecule has 2 rings (SSSR count). The topological polar surface area (TPSA) is 35.2 Å². The van der Waals surface area contributed by atoms with Crippen LogP contribution in [0.3, 0.4) is 0 Å². The van der Waals surface area contributed by atoms with E-state index in [4.69, 9.17) is 10.5 Å². The Morgan fingerprint density at radius 3 is 2.48 bits per heavy atom. The van der Waals surface area contributed by atoms with Crippen molar-refractivity contribution in [2.45, 2.75) is 32.8 Å². The third-order valence-electron chi connectivity index (χ3n) is 3.43. The van der Waals surface area contributed by atoms with Crippen molar-refractivity contribution in [2.75, 3.05) is 6.54 Å². The van der Waals surface area contributed by atoms with Crippen LogP contribution in [-0.4, -0.2) is 6.54 Å². The number of rotatable bonds is 7. The second-order valence-electron chi connectivity index (χ2n) is 5.24. The molecule has 0 aliphatic heterocycles. The summed E-state index contributed by atoms with van der Waals surface area (Å²) in [6, 6.07) is 13.4. The lowest BCUT2D eigenvalue weighted by molar-refractivity contribution is 0.288. The molecule has 0 aliphatic carbocycles. The van der Waals surface area contributed by atoms with Crippen molar-refractivity contribution < 1.29 is 9.13 Å². The van der Waals surface area contributed by atoms with Crippen LogP contribution in [0.1, 0.15) is 29.5 Å². The molecule has 0 aromatic heterocycles. The molecule has 0 radical (unpaired) electrons. The van der Waals surface area contributed by atoms with Gasteiger partial charge in [0.05, 0.1) is 0 Å². The summed E-state index contributed by atoms with van der Waals surface area (Å²) in [7, 11) is 0. The van der Waals surface area contributed by atoms with Gasteiger partial charge in [-0.25, -0.2) is 4.39 Å². The molecule has 2 N–H and O–H groups in total. The molecule has 2 aromatic carbocycles. The molecule has 0 saturated carbocycles. The highest BCUT2D eigenvalue weighted by molar-refractivity contribution is 5.38. The Morgan fingerprint density at radius 2 is 1.81 bits per heavy atom. The molecule has 0 bridgehead atoms. The molecular formula is C18H22FNO. The molecule has 0 aliphatic rings. The van der Waals surface area contributed by atoms with Crippen LogP contribution >= 0.6 is 0 Å². The zero-order valence-electron chi connectivity index (χ0n) is 12.4. The first kappa shape index (κ1) is 15.5. The zero-order valence-corrected chi connectivity index (χ0v) is 12.4. The average Bonchev–Trinajstić information content (AvgIpc) is 2.48. The van der Waals surface area contributed by atoms with Gasteiger partial charge in [0, 0.05) is 0 Å². The van der Waals surface area contributed by atoms with Gasteiger partial charge >= 0.3 is 0 Å². The van der Waals surface area contributed by atoms with Crippen LogP contribution in [0.2, 0.25) is 0 Å². The van der Waals surface area contributed by atoms with Gasteiger partial charge in [-0.3, -0.25) is 0 Å². The van der Waals surface area contributed by atoms with Crippen LogP contribution in [0, 0.1) is 12.7 Å². The molecule has 0 atom stereocenters. The number of hydrogen-bond acceptors (Lipinski definition) is 2. The second-order valence-corrected chi connectivity index (χ2v) is 5.24. The minimum atomic E-state index is -0.284. The summed E-state index contributed by atoms with van der Waals surface area (Å²) in [6.45, 7) is 2.95. The fraction of sp³-hybridized carbons (Fsp3) is 0.333. The van der Waals surface area contributed by atoms with Crippen molar-refractivity contribution >= 4 is 0 Å². The Balaban J connectivity index is 2.03. The van der Waals surface area contributed by atoms with Gasteiger partial charge < -0.3 is 10.5 Å². The highest BCUT2D eigenvalue weighted by atomic mass is 19.1. The SMILES string of the molecule is Cc1cc(CCCCN)cc(F)c1OCc1ccccc1. The predicted molar refractivity (Wildman–Crippen MR) is 83.9 cm³/mol. The summed E-state index contributed by atoms with van der Waals surface area (Å²) in [5.41, 5.74) is 8.35. The van der Waals surface area contributed by atoms with Gasteiger partial charge in [-0.15, -0.1) is 0 Å². The molecule has 2 nitrogen and oxygen atoms in total. The lowest BCUT2D eigenvalue weighted by atomic mass is 10.0. The van der Waals surface area contributed by atoms with Gasteiger partial charge in [0.2, 0.25) is 0 Å². The highest BCUT2D eigenvalue weighted by Crippen LogP contribution is 2.25. The van der Waals surface area contributed by atoms with E-state index in [1.54, 1.807) is 6.07 Å². The van der Waals surface area contributed by atoms with Gasteiger partial charge in [0.15, 0.2) is 11.6 Å². The van der Waals surface area contributed by atoms with E-state index in [2.05, 4.69) is 0 Å². The molecule has 3 heteroatoms. The number of unbranched alkanes of at least 4 members (excludes halogenated alkanes) is 1. The van der Waals surface area contributed by atoms with Gasteiger partial charge in [0.25, 0.3) is 0 Å². The van der Waals surface area contributed by atoms with E-state index in [1.807, 2.05) is 43.3 Å². The maximum Gasteiger partial charge on any atom is 0.165 e. The Bertz CT molecular complexity index is 546. The summed E-state index contributed by atoms with van der Waals surface area (Å²) >= 11 is 0. The van der Waals surface area contributed by atoms with Crippen molar-refractivity contribution in [1.82, 2.24) is 0 Å². The largest absolute Gasteiger partial charge is 0.486 e. The average molecular weight is 287 g/mol. The lowest BCUT2D eigenvalue weighted by Gasteiger charge is -2.12. The summed E-state index contributed by atoms with van der Waals surface area (Å²) < 4.78 is 19.8. The second kappa shape index (κ2) is 7.79. The maximum atomic E-state index is 14.2. The Kier molecular flexibility index (Phi) is 5.76. The smallest absolute Gasteiger partial charge is 0.165 e. The van der Waals surface area contributed by atoms with Crippen LogP contribution < -0.4 is 10.5 Å². The molecule has 21 heavy (non-hydrogen) atoms. The van der Waals surface area contributed by atoms with E-state index in [-0.39, 0.29) is 5.82 Å². The number of nitrogens with two attached hydrogens (primary N) is 1. The number of ether oxygens (including phenoxy) is 1. The molecule has 0 heterocycles. The van der Waals surface area contributed by atoms with Crippen molar-refractivity contribution in [3.63, 3.8) is 0 Å². The van der Waals surface area contributed by atoms with Gasteiger partial charge in [-0.05, 0) is 55.5 Å². The van der Waals surface area contributed by atoms with E-state index in [0.717, 1.165) is 36.0 Å². The molecule has 0 spiro atoms. The monoisotopic (exact) mass is 287 g/mol. The molecular weight excluding hydrogens is 265 g/mol. The normalized spacial score (nSPS) is 10.6. The van der Waals surface area contributed by atoms with Gasteiger partial charge in [0.1, 0.15) is 6.61 Å². The van der Waals surface area contributed by atoms with Crippen molar-refractivity contribution in [3.05, 3.63) is 65.0 Å². The number of benzene rings is 2. The first-order valence-corrected chi connectivity index (χ1v) is 7.36. The van der Waals surface area contributed by atoms with E-state index < -0.39 is 0 Å². The first-order chi connectivity index (χ1) is 10.2. The number of halogens is 1. The van der Waals surface area contributed by atoms with Crippen LogP contribution in [0.5, 0.6) is 5.75 Å². The zero-order chi connectivity index (χ0) is 15.1. The van der Waals surface area contributed by atoms with Gasteiger partial charge in [-0.1, -0.05) is 36.4 Å². The lowest BCUT2D eigenvalue weighted by Crippen LogP contribution is -2.02. The fourth-order valence-electron chi connectivity index (χ4n) is 2.33. The van der Waals surface area contributed by atoms with Crippen molar-refractivity contribution in [2.24, 2.45) is 5.73 Å². The Hall–Kier alpha value is -1.87. The van der Waals surface area contributed by atoms with E-state index in [0.29, 0.717) is 18.9 Å². The van der Waals surface area contributed by atoms with Crippen LogP contribution in [0.15, 0.2) is 42.5 Å². The van der Waals surface area contributed by atoms with Crippen LogP contribution in [-0.2, 0) is 13.0 Å². The third-order valence-corrected chi connectivity index (χ3v) is 3.43. The minimum absolute atomic E-state index is 0.284. The first-order valence-electron chi connectivity index (χ1n) is 7.36. The van der Waals surface area contributed by atoms with Crippen LogP contribution in [0.25, 0.3) is 0 Å². The van der Waals surface area contributed by atoms with Crippen molar-refractivity contribution in [1.29, 1.82) is 0 Å². The number of hydrogen-bond donors (Lipinski definition) is 1. The summed E-state index contributed by atoms with van der Waals surface area (Å²) in [5, 5.41) is 0. The third kappa shape index (κ3) is 4.57. The van der Waals surface area contributed by atoms with Gasteiger partial charge in [-0.2, -0.15) is 0 Å². The fourth-order valence-corrected chi connectivity index (χ4v) is 2.33. The molecule has 0 unspecified atom stereocenters.